The third-order valence-corrected chi connectivity index (χ3v) is 2.99. The van der Waals surface area contributed by atoms with E-state index in [1.54, 1.807) is 19.3 Å². The highest BCUT2D eigenvalue weighted by molar-refractivity contribution is 5.89. The molecule has 0 radical (unpaired) electrons. The molecule has 1 aromatic heterocycles. The maximum absolute atomic E-state index is 12.1. The first-order valence-corrected chi connectivity index (χ1v) is 6.32. The summed E-state index contributed by atoms with van der Waals surface area (Å²) in [6.45, 7) is 5.94. The third kappa shape index (κ3) is 2.84. The fourth-order valence-corrected chi connectivity index (χ4v) is 2.17. The lowest BCUT2D eigenvalue weighted by Gasteiger charge is -2.31. The summed E-state index contributed by atoms with van der Waals surface area (Å²) >= 11 is 0. The van der Waals surface area contributed by atoms with Crippen LogP contribution >= 0.6 is 0 Å². The molecule has 2 heterocycles. The predicted octanol–water partition coefficient (Wildman–Crippen LogP) is 2.29. The Morgan fingerprint density at radius 1 is 1.42 bits per heavy atom. The molecular weight excluding hydrogens is 240 g/mol. The van der Waals surface area contributed by atoms with Crippen LogP contribution in [-0.2, 0) is 9.53 Å². The normalized spacial score (nSPS) is 22.1. The van der Waals surface area contributed by atoms with Crippen LogP contribution in [0.15, 0.2) is 42.4 Å². The molecule has 1 unspecified atom stereocenters. The van der Waals surface area contributed by atoms with Crippen LogP contribution in [0.2, 0.25) is 0 Å². The molecule has 0 saturated carbocycles. The van der Waals surface area contributed by atoms with Gasteiger partial charge in [0, 0.05) is 18.1 Å². The number of nitrogens with zero attached hydrogens (tertiary/aromatic N) is 1. The number of pyridine rings is 1. The smallest absolute Gasteiger partial charge is 0.335 e. The largest absolute Gasteiger partial charge is 0.464 e. The van der Waals surface area contributed by atoms with Gasteiger partial charge in [-0.1, -0.05) is 0 Å². The number of carbonyl (C=O) groups is 1. The van der Waals surface area contributed by atoms with E-state index in [1.807, 2.05) is 38.1 Å². The average molecular weight is 258 g/mol. The molecule has 2 rings (SSSR count). The summed E-state index contributed by atoms with van der Waals surface area (Å²) in [4.78, 5) is 16.1. The Morgan fingerprint density at radius 2 is 2.11 bits per heavy atom. The number of rotatable bonds is 3. The van der Waals surface area contributed by atoms with Gasteiger partial charge < -0.3 is 10.1 Å². The van der Waals surface area contributed by atoms with Crippen molar-refractivity contribution in [3.05, 3.63) is 47.9 Å². The van der Waals surface area contributed by atoms with Crippen LogP contribution in [0.4, 0.5) is 0 Å². The third-order valence-electron chi connectivity index (χ3n) is 2.99. The quantitative estimate of drug-likeness (QED) is 0.845. The van der Waals surface area contributed by atoms with Gasteiger partial charge in [0.15, 0.2) is 5.54 Å². The minimum Gasteiger partial charge on any atom is -0.464 e. The summed E-state index contributed by atoms with van der Waals surface area (Å²) in [5.74, 6) is -0.269. The van der Waals surface area contributed by atoms with Crippen molar-refractivity contribution in [3.8, 4) is 0 Å². The number of carbonyl (C=O) groups excluding carboxylic acids is 1. The van der Waals surface area contributed by atoms with Crippen molar-refractivity contribution in [3.63, 3.8) is 0 Å². The first kappa shape index (κ1) is 13.3. The molecule has 100 valence electrons. The Morgan fingerprint density at radius 3 is 2.74 bits per heavy atom. The Balaban J connectivity index is 2.38. The van der Waals surface area contributed by atoms with Crippen molar-refractivity contribution in [2.24, 2.45) is 0 Å². The molecule has 0 saturated heterocycles. The van der Waals surface area contributed by atoms with Crippen LogP contribution in [-0.4, -0.2) is 23.1 Å². The summed E-state index contributed by atoms with van der Waals surface area (Å²) in [5.41, 5.74) is 2.14. The van der Waals surface area contributed by atoms with Crippen molar-refractivity contribution in [1.82, 2.24) is 10.3 Å². The van der Waals surface area contributed by atoms with Gasteiger partial charge in [-0.15, -0.1) is 0 Å². The highest BCUT2D eigenvalue weighted by atomic mass is 16.5. The molecule has 19 heavy (non-hydrogen) atoms. The van der Waals surface area contributed by atoms with Gasteiger partial charge in [-0.2, -0.15) is 0 Å². The molecular formula is C15H18N2O2. The Labute approximate surface area is 113 Å². The van der Waals surface area contributed by atoms with Crippen LogP contribution in [0.25, 0.3) is 5.57 Å². The fourth-order valence-electron chi connectivity index (χ4n) is 2.17. The van der Waals surface area contributed by atoms with Crippen molar-refractivity contribution in [1.29, 1.82) is 0 Å². The van der Waals surface area contributed by atoms with Crippen molar-refractivity contribution in [2.45, 2.75) is 26.3 Å². The van der Waals surface area contributed by atoms with Crippen LogP contribution in [0.1, 0.15) is 26.3 Å². The molecule has 1 N–H and O–H groups in total. The molecule has 0 bridgehead atoms. The molecule has 1 atom stereocenters. The number of hydrogen-bond donors (Lipinski definition) is 1. The first-order chi connectivity index (χ1) is 9.05. The predicted molar refractivity (Wildman–Crippen MR) is 74.1 cm³/mol. The summed E-state index contributed by atoms with van der Waals surface area (Å²) < 4.78 is 5.13. The van der Waals surface area contributed by atoms with Crippen LogP contribution in [0, 0.1) is 0 Å². The monoisotopic (exact) mass is 258 g/mol. The standard InChI is InChI=1S/C15H18N2O2/c1-4-19-14(18)15(3)10-13(9-11(2)17-15)12-5-7-16-8-6-12/h5-10,17H,4H2,1-3H3. The molecule has 0 fully saturated rings. The molecule has 0 amide bonds. The number of esters is 1. The number of allylic oxidation sites excluding steroid dienone is 3. The Bertz CT molecular complexity index is 534. The minimum absolute atomic E-state index is 0.269. The second-order valence-corrected chi connectivity index (χ2v) is 4.71. The van der Waals surface area contributed by atoms with E-state index in [1.165, 1.54) is 0 Å². The van der Waals surface area contributed by atoms with E-state index in [0.29, 0.717) is 6.61 Å². The molecule has 0 spiro atoms. The van der Waals surface area contributed by atoms with E-state index in [4.69, 9.17) is 4.74 Å². The molecule has 1 aliphatic heterocycles. The lowest BCUT2D eigenvalue weighted by molar-refractivity contribution is -0.148. The number of dihydropyridines is 1. The van der Waals surface area contributed by atoms with Gasteiger partial charge in [0.25, 0.3) is 0 Å². The molecule has 4 nitrogen and oxygen atoms in total. The van der Waals surface area contributed by atoms with Gasteiger partial charge in [-0.25, -0.2) is 4.79 Å². The fraction of sp³-hybridized carbons (Fsp3) is 0.333. The molecule has 1 aliphatic rings. The van der Waals surface area contributed by atoms with Gasteiger partial charge >= 0.3 is 5.97 Å². The molecule has 0 aromatic carbocycles. The topological polar surface area (TPSA) is 51.2 Å². The van der Waals surface area contributed by atoms with E-state index in [2.05, 4.69) is 10.3 Å². The molecule has 4 heteroatoms. The van der Waals surface area contributed by atoms with E-state index < -0.39 is 5.54 Å². The summed E-state index contributed by atoms with van der Waals surface area (Å²) in [7, 11) is 0. The van der Waals surface area contributed by atoms with Gasteiger partial charge in [0.1, 0.15) is 0 Å². The van der Waals surface area contributed by atoms with E-state index in [-0.39, 0.29) is 5.97 Å². The SMILES string of the molecule is CCOC(=O)C1(C)C=C(c2ccncc2)C=C(C)N1. The maximum atomic E-state index is 12.1. The van der Waals surface area contributed by atoms with Gasteiger partial charge in [0.2, 0.25) is 0 Å². The van der Waals surface area contributed by atoms with Crippen LogP contribution in [0.3, 0.4) is 0 Å². The zero-order chi connectivity index (χ0) is 13.9. The summed E-state index contributed by atoms with van der Waals surface area (Å²) in [6.07, 6.45) is 7.38. The van der Waals surface area contributed by atoms with Gasteiger partial charge in [0.05, 0.1) is 6.61 Å². The lowest BCUT2D eigenvalue weighted by Crippen LogP contribution is -2.49. The highest BCUT2D eigenvalue weighted by Crippen LogP contribution is 2.26. The van der Waals surface area contributed by atoms with Crippen molar-refractivity contribution in [2.75, 3.05) is 6.61 Å². The molecule has 0 aliphatic carbocycles. The zero-order valence-electron chi connectivity index (χ0n) is 11.4. The summed E-state index contributed by atoms with van der Waals surface area (Å²) in [5, 5.41) is 3.17. The second kappa shape index (κ2) is 5.26. The van der Waals surface area contributed by atoms with Gasteiger partial charge in [-0.05, 0) is 56.2 Å². The number of ether oxygens (including phenoxy) is 1. The van der Waals surface area contributed by atoms with Crippen molar-refractivity contribution < 1.29 is 9.53 Å². The van der Waals surface area contributed by atoms with Gasteiger partial charge in [-0.3, -0.25) is 4.98 Å². The maximum Gasteiger partial charge on any atom is 0.335 e. The van der Waals surface area contributed by atoms with Crippen LogP contribution in [0.5, 0.6) is 0 Å². The number of hydrogen-bond acceptors (Lipinski definition) is 4. The number of nitrogens with one attached hydrogen (secondary N) is 1. The van der Waals surface area contributed by atoms with E-state index in [9.17, 15) is 4.79 Å². The second-order valence-electron chi connectivity index (χ2n) is 4.71. The average Bonchev–Trinajstić information content (AvgIpc) is 2.39. The first-order valence-electron chi connectivity index (χ1n) is 6.32. The van der Waals surface area contributed by atoms with Crippen molar-refractivity contribution >= 4 is 11.5 Å². The van der Waals surface area contributed by atoms with E-state index >= 15 is 0 Å². The summed E-state index contributed by atoms with van der Waals surface area (Å²) in [6, 6.07) is 3.85. The molecule has 1 aromatic rings. The Kier molecular flexibility index (Phi) is 3.69. The highest BCUT2D eigenvalue weighted by Gasteiger charge is 2.34. The van der Waals surface area contributed by atoms with E-state index in [0.717, 1.165) is 16.8 Å². The minimum atomic E-state index is -0.826. The Hall–Kier alpha value is -2.10. The number of aromatic nitrogens is 1. The zero-order valence-corrected chi connectivity index (χ0v) is 11.4. The van der Waals surface area contributed by atoms with Crippen LogP contribution < -0.4 is 5.32 Å². The lowest BCUT2D eigenvalue weighted by atomic mass is 9.91.